The maximum atomic E-state index is 5.60. The van der Waals surface area contributed by atoms with E-state index in [0.29, 0.717) is 0 Å². The van der Waals surface area contributed by atoms with Crippen molar-refractivity contribution in [2.45, 2.75) is 102 Å². The summed E-state index contributed by atoms with van der Waals surface area (Å²) in [6.45, 7) is 18.1. The SMILES string of the molecule is CCC1(CC)c2ccccc2N2c3nc(C(C)(C)C)cnc3N(c3ccccc3)C2C12c1ccccc1N1c3ncc(C(C)(C)C)nc3N(c3ccccc3)C12. The van der Waals surface area contributed by atoms with Crippen LogP contribution in [-0.4, -0.2) is 32.3 Å². The van der Waals surface area contributed by atoms with Crippen LogP contribution in [0.5, 0.6) is 0 Å². The fourth-order valence-electron chi connectivity index (χ4n) is 10.6. The van der Waals surface area contributed by atoms with Crippen molar-refractivity contribution in [2.75, 3.05) is 19.6 Å². The Hall–Kier alpha value is -5.76. The van der Waals surface area contributed by atoms with E-state index in [2.05, 4.69) is 184 Å². The summed E-state index contributed by atoms with van der Waals surface area (Å²) in [7, 11) is 0. The second kappa shape index (κ2) is 11.9. The van der Waals surface area contributed by atoms with Crippen LogP contribution in [0.4, 0.5) is 46.0 Å². The Kier molecular flexibility index (Phi) is 7.36. The van der Waals surface area contributed by atoms with Gasteiger partial charge >= 0.3 is 0 Å². The normalized spacial score (nSPS) is 21.4. The van der Waals surface area contributed by atoms with Crippen molar-refractivity contribution >= 4 is 46.0 Å². The summed E-state index contributed by atoms with van der Waals surface area (Å²) in [5, 5.41) is 0. The lowest BCUT2D eigenvalue weighted by atomic mass is 9.50. The van der Waals surface area contributed by atoms with Crippen LogP contribution in [0, 0.1) is 0 Å². The number of hydrogen-bond acceptors (Lipinski definition) is 8. The molecule has 6 heterocycles. The molecule has 3 atom stereocenters. The molecule has 4 aromatic carbocycles. The van der Waals surface area contributed by atoms with Gasteiger partial charge < -0.3 is 19.6 Å². The van der Waals surface area contributed by atoms with Crippen LogP contribution < -0.4 is 19.6 Å². The Morgan fingerprint density at radius 1 is 0.482 bits per heavy atom. The number of fused-ring (bicyclic) bond motifs is 13. The molecule has 0 saturated carbocycles. The topological polar surface area (TPSA) is 64.5 Å². The Morgan fingerprint density at radius 2 is 0.875 bits per heavy atom. The van der Waals surface area contributed by atoms with Gasteiger partial charge in [0.1, 0.15) is 12.3 Å². The summed E-state index contributed by atoms with van der Waals surface area (Å²) in [5.41, 5.74) is 7.71. The minimum Gasteiger partial charge on any atom is -0.301 e. The average Bonchev–Trinajstić information content (AvgIpc) is 3.83. The third-order valence-corrected chi connectivity index (χ3v) is 13.1. The molecule has 1 spiro atoms. The fourth-order valence-corrected chi connectivity index (χ4v) is 10.6. The first-order valence-corrected chi connectivity index (χ1v) is 20.2. The van der Waals surface area contributed by atoms with Crippen molar-refractivity contribution in [3.8, 4) is 0 Å². The number of hydrogen-bond donors (Lipinski definition) is 0. The van der Waals surface area contributed by atoms with E-state index < -0.39 is 5.41 Å². The lowest BCUT2D eigenvalue weighted by Gasteiger charge is -2.62. The highest BCUT2D eigenvalue weighted by Crippen LogP contribution is 2.72. The third kappa shape index (κ3) is 4.35. The Bertz CT molecular complexity index is 2480. The van der Waals surface area contributed by atoms with E-state index >= 15 is 0 Å². The van der Waals surface area contributed by atoms with E-state index in [1.54, 1.807) is 0 Å². The van der Waals surface area contributed by atoms with Gasteiger partial charge in [0.2, 0.25) is 0 Å². The van der Waals surface area contributed by atoms with Gasteiger partial charge in [0.05, 0.1) is 29.2 Å². The quantitative estimate of drug-likeness (QED) is 0.177. The number of para-hydroxylation sites is 4. The molecule has 0 fully saturated rings. The van der Waals surface area contributed by atoms with Gasteiger partial charge in [0.25, 0.3) is 0 Å². The Morgan fingerprint density at radius 3 is 1.38 bits per heavy atom. The molecule has 8 heteroatoms. The summed E-state index contributed by atoms with van der Waals surface area (Å²) >= 11 is 0. The minimum absolute atomic E-state index is 0.191. The molecule has 0 radical (unpaired) electrons. The number of nitrogens with zero attached hydrogens (tertiary/aromatic N) is 8. The van der Waals surface area contributed by atoms with E-state index in [1.165, 1.54) is 22.5 Å². The van der Waals surface area contributed by atoms with Crippen molar-refractivity contribution in [1.82, 2.24) is 19.9 Å². The predicted octanol–water partition coefficient (Wildman–Crippen LogP) is 11.1. The van der Waals surface area contributed by atoms with Crippen LogP contribution in [0.2, 0.25) is 0 Å². The monoisotopic (exact) mass is 738 g/mol. The van der Waals surface area contributed by atoms with Crippen LogP contribution in [0.1, 0.15) is 90.7 Å². The van der Waals surface area contributed by atoms with E-state index in [4.69, 9.17) is 19.9 Å². The number of rotatable bonds is 4. The second-order valence-corrected chi connectivity index (χ2v) is 17.9. The largest absolute Gasteiger partial charge is 0.301 e. The van der Waals surface area contributed by atoms with Crippen molar-refractivity contribution in [2.24, 2.45) is 0 Å². The van der Waals surface area contributed by atoms with Gasteiger partial charge in [-0.25, -0.2) is 19.9 Å². The molecule has 10 rings (SSSR count). The molecule has 0 bridgehead atoms. The lowest BCUT2D eigenvalue weighted by molar-refractivity contribution is 0.130. The number of benzene rings is 4. The highest BCUT2D eigenvalue weighted by Gasteiger charge is 2.75. The second-order valence-electron chi connectivity index (χ2n) is 17.9. The summed E-state index contributed by atoms with van der Waals surface area (Å²) in [6, 6.07) is 39.9. The first-order valence-electron chi connectivity index (χ1n) is 20.2. The first kappa shape index (κ1) is 34.7. The number of aromatic nitrogens is 4. The molecule has 4 aliphatic rings. The molecule has 282 valence electrons. The molecular formula is C48H50N8. The molecule has 2 aromatic heterocycles. The summed E-state index contributed by atoms with van der Waals surface area (Å²) in [5.74, 6) is 3.54. The zero-order valence-corrected chi connectivity index (χ0v) is 33.7. The summed E-state index contributed by atoms with van der Waals surface area (Å²) < 4.78 is 0. The molecule has 3 unspecified atom stereocenters. The van der Waals surface area contributed by atoms with Crippen LogP contribution in [0.25, 0.3) is 0 Å². The fraction of sp³-hybridized carbons (Fsp3) is 0.333. The third-order valence-electron chi connectivity index (χ3n) is 13.1. The highest BCUT2D eigenvalue weighted by molar-refractivity contribution is 5.95. The molecule has 4 aliphatic heterocycles. The Balaban J connectivity index is 1.39. The average molecular weight is 739 g/mol. The molecule has 56 heavy (non-hydrogen) atoms. The van der Waals surface area contributed by atoms with Gasteiger partial charge in [-0.15, -0.1) is 0 Å². The maximum absolute atomic E-state index is 5.60. The van der Waals surface area contributed by atoms with Crippen molar-refractivity contribution in [3.05, 3.63) is 144 Å². The predicted molar refractivity (Wildman–Crippen MR) is 227 cm³/mol. The van der Waals surface area contributed by atoms with Crippen molar-refractivity contribution < 1.29 is 0 Å². The molecule has 0 aliphatic carbocycles. The molecule has 8 nitrogen and oxygen atoms in total. The molecular weight excluding hydrogens is 689 g/mol. The van der Waals surface area contributed by atoms with E-state index in [-0.39, 0.29) is 28.6 Å². The van der Waals surface area contributed by atoms with Crippen molar-refractivity contribution in [3.63, 3.8) is 0 Å². The summed E-state index contributed by atoms with van der Waals surface area (Å²) in [4.78, 5) is 32.1. The van der Waals surface area contributed by atoms with Gasteiger partial charge in [-0.2, -0.15) is 0 Å². The smallest absolute Gasteiger partial charge is 0.178 e. The van der Waals surface area contributed by atoms with E-state index in [1.807, 2.05) is 12.4 Å². The Labute approximate surface area is 330 Å². The van der Waals surface area contributed by atoms with Crippen LogP contribution >= 0.6 is 0 Å². The van der Waals surface area contributed by atoms with Gasteiger partial charge in [0, 0.05) is 39.0 Å². The first-order chi connectivity index (χ1) is 27.0. The van der Waals surface area contributed by atoms with Gasteiger partial charge in [-0.05, 0) is 60.4 Å². The zero-order valence-electron chi connectivity index (χ0n) is 33.7. The lowest BCUT2D eigenvalue weighted by Crippen LogP contribution is -2.73. The maximum Gasteiger partial charge on any atom is 0.178 e. The van der Waals surface area contributed by atoms with E-state index in [0.717, 1.165) is 58.9 Å². The molecule has 6 aromatic rings. The van der Waals surface area contributed by atoms with Gasteiger partial charge in [-0.3, -0.25) is 0 Å². The zero-order chi connectivity index (χ0) is 38.8. The van der Waals surface area contributed by atoms with Crippen LogP contribution in [0.3, 0.4) is 0 Å². The molecule has 0 amide bonds. The number of anilines is 8. The molecule has 0 N–H and O–H groups in total. The van der Waals surface area contributed by atoms with Gasteiger partial charge in [0.15, 0.2) is 23.3 Å². The molecule has 0 saturated heterocycles. The summed E-state index contributed by atoms with van der Waals surface area (Å²) in [6.07, 6.45) is 5.28. The van der Waals surface area contributed by atoms with Crippen LogP contribution in [0.15, 0.2) is 122 Å². The van der Waals surface area contributed by atoms with Crippen LogP contribution in [-0.2, 0) is 21.7 Å². The highest BCUT2D eigenvalue weighted by atomic mass is 15.5. The standard InChI is InChI=1S/C48H50N8/c1-9-47(10-2)33-25-17-19-27-35(33)56-42-39(49-29-38(52-42)46(6,7)8)53(31-21-13-11-14-22-31)43(56)48(47)34-26-18-20-28-36(34)55-40-41(51-37(30-50-40)45(3,4)5)54(44(48)55)32-23-15-12-16-24-32/h11-30,43-44H,9-10H2,1-8H3. The minimum atomic E-state index is -0.637. The van der Waals surface area contributed by atoms with E-state index in [9.17, 15) is 0 Å². The van der Waals surface area contributed by atoms with Gasteiger partial charge in [-0.1, -0.05) is 128 Å². The van der Waals surface area contributed by atoms with Crippen molar-refractivity contribution in [1.29, 1.82) is 0 Å².